The van der Waals surface area contributed by atoms with E-state index in [2.05, 4.69) is 21.5 Å². The number of carboxylic acid groups (broad SMARTS) is 1. The van der Waals surface area contributed by atoms with Crippen molar-refractivity contribution in [1.82, 2.24) is 26.9 Å². The summed E-state index contributed by atoms with van der Waals surface area (Å²) in [6.45, 7) is 1.89. The lowest BCUT2D eigenvalue weighted by Crippen LogP contribution is -2.71. The van der Waals surface area contributed by atoms with Crippen LogP contribution >= 0.6 is 0 Å². The fourth-order valence-corrected chi connectivity index (χ4v) is 7.71. The molecule has 4 heterocycles. The molecule has 0 saturated carbocycles. The van der Waals surface area contributed by atoms with Gasteiger partial charge in [0.2, 0.25) is 23.6 Å². The highest BCUT2D eigenvalue weighted by molar-refractivity contribution is 5.85. The second-order valence-corrected chi connectivity index (χ2v) is 15.7. The van der Waals surface area contributed by atoms with Crippen molar-refractivity contribution < 1.29 is 113 Å². The van der Waals surface area contributed by atoms with E-state index >= 15 is 0 Å². The minimum absolute atomic E-state index is 0.0401. The number of amides is 5. The van der Waals surface area contributed by atoms with Crippen molar-refractivity contribution in [3.63, 3.8) is 0 Å². The standard InChI is InChI=1S/C36H60N6O23/c1-11-18(38-12(2)45)26(20(49)14(9-43)59-11)61-36-25(54)23(52)29(31(65-36)33(56)57)63-34-19(39-13(3)46)27(21(50)15(10-44)60-34)62-35-24(53)22(51)28(58-4)30(64-35)32(55)42-41-17(48)8-6-5-7-16(47)40-37/h11,14-15,18-31,34-36,43-44,49-54H,5-10,37H2,1-4H3,(H,38,45)(H,39,46)(H,40,47)(H,41,48)(H,42,55)(H,56,57)/t11?,14?,15?,18-,19+,20+,21+,22-,23-,24+,25+,26-,27-,28+,29+,30?,31?,34?,35?,36?/m1/s1. The highest BCUT2D eigenvalue weighted by atomic mass is 16.8. The van der Waals surface area contributed by atoms with Gasteiger partial charge in [0.05, 0.1) is 25.4 Å². The predicted molar refractivity (Wildman–Crippen MR) is 206 cm³/mol. The lowest BCUT2D eigenvalue weighted by atomic mass is 9.92. The van der Waals surface area contributed by atoms with Gasteiger partial charge in [-0.15, -0.1) is 0 Å². The SMILES string of the molecule is CO[C@@H]1C(C(=O)NNC(=O)CCCCC(=O)NN)OC(O[C@@H]2[C@H](NC(C)=O)C(O[C@@H]3C(C(=O)O)OC(O[C@@H]4[C@H](NC(C)=O)C(C)OC(CO)[C@@H]4O)[C@@H](O)[C@H]3O)OC(CO)[C@@H]2O)[C@@H](O)[C@H]1O. The molecule has 0 spiro atoms. The molecule has 0 aliphatic carbocycles. The number of unbranched alkanes of at least 4 members (excludes halogenated alkanes) is 1. The van der Waals surface area contributed by atoms with Gasteiger partial charge in [-0.05, 0) is 19.8 Å². The second-order valence-electron chi connectivity index (χ2n) is 15.7. The second kappa shape index (κ2) is 24.2. The number of rotatable bonds is 18. The predicted octanol–water partition coefficient (Wildman–Crippen LogP) is -8.94. The van der Waals surface area contributed by atoms with E-state index in [-0.39, 0.29) is 25.7 Å². The number of carbonyl (C=O) groups is 6. The van der Waals surface area contributed by atoms with Crippen LogP contribution in [0.5, 0.6) is 0 Å². The molecule has 4 fully saturated rings. The summed E-state index contributed by atoms with van der Waals surface area (Å²) in [7, 11) is 1.06. The molecule has 4 aliphatic heterocycles. The molecule has 0 bridgehead atoms. The molecule has 0 aromatic rings. The van der Waals surface area contributed by atoms with Crippen LogP contribution in [0.4, 0.5) is 0 Å². The maximum absolute atomic E-state index is 13.3. The lowest BCUT2D eigenvalue weighted by molar-refractivity contribution is -0.366. The Morgan fingerprint density at radius 1 is 0.585 bits per heavy atom. The number of nitrogens with one attached hydrogen (secondary N) is 5. The van der Waals surface area contributed by atoms with Crippen molar-refractivity contribution in [1.29, 1.82) is 0 Å². The molecular weight excluding hydrogens is 884 g/mol. The van der Waals surface area contributed by atoms with E-state index < -0.39 is 171 Å². The van der Waals surface area contributed by atoms with Crippen molar-refractivity contribution in [3.05, 3.63) is 0 Å². The van der Waals surface area contributed by atoms with Crippen LogP contribution < -0.4 is 32.8 Å². The van der Waals surface area contributed by atoms with Crippen LogP contribution in [0, 0.1) is 0 Å². The minimum atomic E-state index is -2.26. The van der Waals surface area contributed by atoms with Crippen molar-refractivity contribution in [2.45, 2.75) is 169 Å². The van der Waals surface area contributed by atoms with Crippen LogP contribution in [-0.2, 0) is 66.7 Å². The summed E-state index contributed by atoms with van der Waals surface area (Å²) in [4.78, 5) is 74.2. The molecule has 5 amide bonds. The number of methoxy groups -OCH3 is 1. The molecule has 29 nitrogen and oxygen atoms in total. The zero-order valence-corrected chi connectivity index (χ0v) is 35.6. The third-order valence-corrected chi connectivity index (χ3v) is 11.0. The first-order chi connectivity index (χ1) is 30.7. The Balaban J connectivity index is 1.56. The summed E-state index contributed by atoms with van der Waals surface area (Å²) in [5, 5.41) is 102. The van der Waals surface area contributed by atoms with Crippen LogP contribution in [0.1, 0.15) is 46.5 Å². The number of ether oxygens (including phenoxy) is 8. The summed E-state index contributed by atoms with van der Waals surface area (Å²) >= 11 is 0. The Morgan fingerprint density at radius 2 is 1.06 bits per heavy atom. The van der Waals surface area contributed by atoms with Gasteiger partial charge in [-0.1, -0.05) is 0 Å². The van der Waals surface area contributed by atoms with Crippen molar-refractivity contribution in [2.24, 2.45) is 5.84 Å². The average molecular weight is 945 g/mol. The van der Waals surface area contributed by atoms with Crippen LogP contribution in [0.25, 0.3) is 0 Å². The number of hydrogen-bond acceptors (Lipinski definition) is 23. The Labute approximate surface area is 370 Å². The summed E-state index contributed by atoms with van der Waals surface area (Å²) < 4.78 is 45.2. The van der Waals surface area contributed by atoms with E-state index in [1.807, 2.05) is 5.43 Å². The molecule has 16 N–H and O–H groups in total. The smallest absolute Gasteiger partial charge is 0.335 e. The lowest BCUT2D eigenvalue weighted by Gasteiger charge is -2.50. The van der Waals surface area contributed by atoms with Gasteiger partial charge in [0.15, 0.2) is 31.1 Å². The molecule has 65 heavy (non-hydrogen) atoms. The molecule has 4 aliphatic rings. The molecule has 8 unspecified atom stereocenters. The maximum Gasteiger partial charge on any atom is 0.335 e. The molecular formula is C36H60N6O23. The normalized spacial score (nSPS) is 39.6. The first-order valence-electron chi connectivity index (χ1n) is 20.5. The van der Waals surface area contributed by atoms with Crippen LogP contribution in [0.15, 0.2) is 0 Å². The molecule has 29 heteroatoms. The van der Waals surface area contributed by atoms with Gasteiger partial charge in [0, 0.05) is 33.8 Å². The number of aliphatic hydroxyl groups excluding tert-OH is 8. The molecule has 20 atom stereocenters. The molecule has 4 rings (SSSR count). The molecule has 0 aromatic carbocycles. The van der Waals surface area contributed by atoms with Crippen LogP contribution in [-0.4, -0.2) is 224 Å². The fraction of sp³-hybridized carbons (Fsp3) is 0.833. The van der Waals surface area contributed by atoms with Crippen LogP contribution in [0.2, 0.25) is 0 Å². The Bertz CT molecular complexity index is 1640. The van der Waals surface area contributed by atoms with E-state index in [1.54, 1.807) is 0 Å². The zero-order valence-electron chi connectivity index (χ0n) is 35.6. The number of nitrogens with two attached hydrogens (primary N) is 1. The minimum Gasteiger partial charge on any atom is -0.479 e. The molecule has 4 saturated heterocycles. The quantitative estimate of drug-likeness (QED) is 0.0263. The Hall–Kier alpha value is -3.86. The maximum atomic E-state index is 13.3. The summed E-state index contributed by atoms with van der Waals surface area (Å²) in [6, 6.07) is -2.94. The van der Waals surface area contributed by atoms with Crippen molar-refractivity contribution in [2.75, 3.05) is 20.3 Å². The van der Waals surface area contributed by atoms with Gasteiger partial charge in [-0.25, -0.2) is 10.6 Å². The summed E-state index contributed by atoms with van der Waals surface area (Å²) in [5.41, 5.74) is 6.16. The van der Waals surface area contributed by atoms with Gasteiger partial charge in [-0.2, -0.15) is 0 Å². The van der Waals surface area contributed by atoms with Gasteiger partial charge >= 0.3 is 5.97 Å². The number of hydrogen-bond donors (Lipinski definition) is 15. The number of aliphatic carboxylic acids is 1. The first kappa shape index (κ1) is 53.8. The Morgan fingerprint density at radius 3 is 1.57 bits per heavy atom. The third kappa shape index (κ3) is 13.2. The average Bonchev–Trinajstić information content (AvgIpc) is 3.26. The largest absolute Gasteiger partial charge is 0.479 e. The van der Waals surface area contributed by atoms with Gasteiger partial charge in [-0.3, -0.25) is 40.3 Å². The van der Waals surface area contributed by atoms with Gasteiger partial charge in [0.1, 0.15) is 79.3 Å². The zero-order chi connectivity index (χ0) is 48.4. The summed E-state index contributed by atoms with van der Waals surface area (Å²) in [5.74, 6) is -0.526. The van der Waals surface area contributed by atoms with Crippen molar-refractivity contribution in [3.8, 4) is 0 Å². The molecule has 372 valence electrons. The highest BCUT2D eigenvalue weighted by Crippen LogP contribution is 2.35. The topological polar surface area (TPSA) is 445 Å². The highest BCUT2D eigenvalue weighted by Gasteiger charge is 2.57. The third-order valence-electron chi connectivity index (χ3n) is 11.0. The van der Waals surface area contributed by atoms with Crippen LogP contribution in [0.3, 0.4) is 0 Å². The first-order valence-corrected chi connectivity index (χ1v) is 20.5. The van der Waals surface area contributed by atoms with E-state index in [0.29, 0.717) is 0 Å². The summed E-state index contributed by atoms with van der Waals surface area (Å²) in [6.07, 6.45) is -33.1. The van der Waals surface area contributed by atoms with Gasteiger partial charge < -0.3 is 94.5 Å². The van der Waals surface area contributed by atoms with E-state index in [4.69, 9.17) is 43.7 Å². The number of carbonyl (C=O) groups excluding carboxylic acids is 5. The number of aliphatic hydroxyl groups is 8. The van der Waals surface area contributed by atoms with E-state index in [9.17, 15) is 74.7 Å². The van der Waals surface area contributed by atoms with E-state index in [1.165, 1.54) is 6.92 Å². The number of carboxylic acids is 1. The Kier molecular flexibility index (Phi) is 20.1. The monoisotopic (exact) mass is 944 g/mol. The molecule has 0 radical (unpaired) electrons. The van der Waals surface area contributed by atoms with Gasteiger partial charge in [0.25, 0.3) is 5.91 Å². The van der Waals surface area contributed by atoms with E-state index in [0.717, 1.165) is 21.0 Å². The van der Waals surface area contributed by atoms with Crippen molar-refractivity contribution >= 4 is 35.5 Å². The number of hydrazine groups is 2. The molecule has 0 aromatic heterocycles. The fourth-order valence-electron chi connectivity index (χ4n) is 7.71.